The molecule has 2 aliphatic heterocycles. The van der Waals surface area contributed by atoms with Crippen molar-refractivity contribution >= 4 is 23.2 Å². The number of rotatable bonds is 6. The summed E-state index contributed by atoms with van der Waals surface area (Å²) in [5.74, 6) is -0.234. The van der Waals surface area contributed by atoms with Crippen molar-refractivity contribution in [3.05, 3.63) is 71.5 Å². The third kappa shape index (κ3) is 4.79. The second-order valence-electron chi connectivity index (χ2n) is 9.29. The summed E-state index contributed by atoms with van der Waals surface area (Å²) in [7, 11) is 0. The minimum atomic E-state index is -0.565. The molecule has 182 valence electrons. The maximum atomic E-state index is 13.0. The molecule has 1 unspecified atom stereocenters. The van der Waals surface area contributed by atoms with Crippen LogP contribution in [0.5, 0.6) is 0 Å². The van der Waals surface area contributed by atoms with Crippen LogP contribution in [-0.4, -0.2) is 59.2 Å². The Bertz CT molecular complexity index is 1200. The van der Waals surface area contributed by atoms with Crippen molar-refractivity contribution in [2.75, 3.05) is 42.9 Å². The third-order valence-corrected chi connectivity index (χ3v) is 6.90. The number of nitrogens with zero attached hydrogens (tertiary/aromatic N) is 4. The summed E-state index contributed by atoms with van der Waals surface area (Å²) in [6.07, 6.45) is 2.46. The van der Waals surface area contributed by atoms with Crippen LogP contribution < -0.4 is 15.5 Å². The third-order valence-electron chi connectivity index (χ3n) is 6.90. The fraction of sp³-hybridized carbons (Fsp3) is 0.370. The van der Waals surface area contributed by atoms with Gasteiger partial charge in [-0.3, -0.25) is 14.5 Å². The van der Waals surface area contributed by atoms with Crippen molar-refractivity contribution in [2.24, 2.45) is 0 Å². The number of hydrogen-bond donors (Lipinski definition) is 2. The van der Waals surface area contributed by atoms with Crippen molar-refractivity contribution in [3.8, 4) is 5.69 Å². The van der Waals surface area contributed by atoms with E-state index in [4.69, 9.17) is 5.10 Å². The first kappa shape index (κ1) is 23.1. The molecule has 3 heterocycles. The lowest BCUT2D eigenvalue weighted by molar-refractivity contribution is -0.130. The molecule has 0 radical (unpaired) electrons. The minimum Gasteiger partial charge on any atom is -0.372 e. The van der Waals surface area contributed by atoms with Crippen molar-refractivity contribution in [1.82, 2.24) is 20.0 Å². The van der Waals surface area contributed by atoms with Gasteiger partial charge in [0, 0.05) is 48.8 Å². The van der Waals surface area contributed by atoms with Crippen LogP contribution in [0.1, 0.15) is 35.8 Å². The van der Waals surface area contributed by atoms with E-state index in [2.05, 4.69) is 27.7 Å². The summed E-state index contributed by atoms with van der Waals surface area (Å²) >= 11 is 0. The van der Waals surface area contributed by atoms with Gasteiger partial charge in [-0.1, -0.05) is 18.2 Å². The molecule has 0 aliphatic carbocycles. The number of aromatic nitrogens is 2. The highest BCUT2D eigenvalue weighted by Gasteiger charge is 2.36. The standard InChI is InChI=1S/C27H32N6O2/c1-19-25(20(2)33(30-19)23-8-4-3-5-9-23)26-27(35)28-14-17-32(26)18-24(34)29-21-10-12-22(13-11-21)31-15-6-7-16-31/h3-5,8-13,26H,6-7,14-18H2,1-2H3,(H,28,35)(H,29,34). The molecule has 0 saturated carbocycles. The molecule has 0 spiro atoms. The zero-order valence-electron chi connectivity index (χ0n) is 20.3. The quantitative estimate of drug-likeness (QED) is 0.576. The largest absolute Gasteiger partial charge is 0.372 e. The number of carbonyl (C=O) groups excluding carboxylic acids is 2. The van der Waals surface area contributed by atoms with Crippen molar-refractivity contribution in [2.45, 2.75) is 32.7 Å². The molecule has 8 nitrogen and oxygen atoms in total. The molecule has 0 bridgehead atoms. The van der Waals surface area contributed by atoms with Crippen LogP contribution in [-0.2, 0) is 9.59 Å². The van der Waals surface area contributed by atoms with Crippen molar-refractivity contribution < 1.29 is 9.59 Å². The molecule has 2 saturated heterocycles. The van der Waals surface area contributed by atoms with E-state index < -0.39 is 6.04 Å². The Kier molecular flexibility index (Phi) is 6.55. The normalized spacial score (nSPS) is 18.5. The van der Waals surface area contributed by atoms with Gasteiger partial charge in [-0.25, -0.2) is 4.68 Å². The minimum absolute atomic E-state index is 0.0992. The first-order chi connectivity index (χ1) is 17.0. The lowest BCUT2D eigenvalue weighted by atomic mass is 10.00. The SMILES string of the molecule is Cc1nn(-c2ccccc2)c(C)c1C1C(=O)NCCN1CC(=O)Nc1ccc(N2CCCC2)cc1. The number of carbonyl (C=O) groups is 2. The Balaban J connectivity index is 1.32. The monoisotopic (exact) mass is 472 g/mol. The molecule has 1 aromatic heterocycles. The zero-order valence-corrected chi connectivity index (χ0v) is 20.3. The van der Waals surface area contributed by atoms with Crippen LogP contribution in [0.15, 0.2) is 54.6 Å². The average molecular weight is 473 g/mol. The Morgan fingerprint density at radius 3 is 2.43 bits per heavy atom. The Morgan fingerprint density at radius 1 is 1.00 bits per heavy atom. The smallest absolute Gasteiger partial charge is 0.242 e. The predicted molar refractivity (Wildman–Crippen MR) is 137 cm³/mol. The lowest BCUT2D eigenvalue weighted by Gasteiger charge is -2.34. The molecule has 5 rings (SSSR count). The Labute approximate surface area is 205 Å². The van der Waals surface area contributed by atoms with Gasteiger partial charge in [0.1, 0.15) is 6.04 Å². The molecule has 1 atom stereocenters. The van der Waals surface area contributed by atoms with Crippen LogP contribution in [0.2, 0.25) is 0 Å². The van der Waals surface area contributed by atoms with Gasteiger partial charge in [0.2, 0.25) is 11.8 Å². The zero-order chi connectivity index (χ0) is 24.4. The van der Waals surface area contributed by atoms with E-state index in [9.17, 15) is 9.59 Å². The summed E-state index contributed by atoms with van der Waals surface area (Å²) in [4.78, 5) is 30.3. The average Bonchev–Trinajstić information content (AvgIpc) is 3.49. The second-order valence-corrected chi connectivity index (χ2v) is 9.29. The molecule has 2 aliphatic rings. The number of aryl methyl sites for hydroxylation is 1. The van der Waals surface area contributed by atoms with Crippen molar-refractivity contribution in [3.63, 3.8) is 0 Å². The van der Waals surface area contributed by atoms with Crippen LogP contribution in [0.3, 0.4) is 0 Å². The topological polar surface area (TPSA) is 82.5 Å². The highest BCUT2D eigenvalue weighted by atomic mass is 16.2. The highest BCUT2D eigenvalue weighted by Crippen LogP contribution is 2.30. The van der Waals surface area contributed by atoms with Crippen LogP contribution in [0.25, 0.3) is 5.69 Å². The second kappa shape index (κ2) is 9.92. The van der Waals surface area contributed by atoms with Crippen LogP contribution in [0, 0.1) is 13.8 Å². The molecular weight excluding hydrogens is 440 g/mol. The number of nitrogens with one attached hydrogen (secondary N) is 2. The van der Waals surface area contributed by atoms with E-state index in [1.807, 2.05) is 65.9 Å². The van der Waals surface area contributed by atoms with Gasteiger partial charge in [-0.05, 0) is 63.1 Å². The first-order valence-electron chi connectivity index (χ1n) is 12.3. The van der Waals surface area contributed by atoms with Crippen molar-refractivity contribution in [1.29, 1.82) is 0 Å². The van der Waals surface area contributed by atoms with E-state index in [1.54, 1.807) is 0 Å². The van der Waals surface area contributed by atoms with Gasteiger partial charge < -0.3 is 15.5 Å². The van der Waals surface area contributed by atoms with Crippen LogP contribution >= 0.6 is 0 Å². The molecule has 2 fully saturated rings. The fourth-order valence-corrected chi connectivity index (χ4v) is 5.19. The maximum absolute atomic E-state index is 13.0. The maximum Gasteiger partial charge on any atom is 0.242 e. The summed E-state index contributed by atoms with van der Waals surface area (Å²) in [6, 6.07) is 17.3. The summed E-state index contributed by atoms with van der Waals surface area (Å²) in [6.45, 7) is 7.30. The summed E-state index contributed by atoms with van der Waals surface area (Å²) in [5.41, 5.74) is 5.44. The molecule has 2 amide bonds. The molecule has 35 heavy (non-hydrogen) atoms. The summed E-state index contributed by atoms with van der Waals surface area (Å²) < 4.78 is 1.87. The van der Waals surface area contributed by atoms with E-state index in [-0.39, 0.29) is 18.4 Å². The molecule has 2 aromatic carbocycles. The number of para-hydroxylation sites is 1. The predicted octanol–water partition coefficient (Wildman–Crippen LogP) is 3.20. The fourth-order valence-electron chi connectivity index (χ4n) is 5.19. The van der Waals surface area contributed by atoms with Gasteiger partial charge >= 0.3 is 0 Å². The number of amides is 2. The van der Waals surface area contributed by atoms with E-state index in [0.29, 0.717) is 13.1 Å². The summed E-state index contributed by atoms with van der Waals surface area (Å²) in [5, 5.41) is 10.7. The lowest BCUT2D eigenvalue weighted by Crippen LogP contribution is -2.52. The highest BCUT2D eigenvalue weighted by molar-refractivity contribution is 5.93. The first-order valence-corrected chi connectivity index (χ1v) is 12.3. The Hall–Kier alpha value is -3.65. The van der Waals surface area contributed by atoms with E-state index >= 15 is 0 Å². The van der Waals surface area contributed by atoms with Gasteiger partial charge in [0.05, 0.1) is 17.9 Å². The number of anilines is 2. The molecule has 3 aromatic rings. The van der Waals surface area contributed by atoms with Gasteiger partial charge in [0.25, 0.3) is 0 Å². The molecular formula is C27H32N6O2. The number of hydrogen-bond acceptors (Lipinski definition) is 5. The Morgan fingerprint density at radius 2 is 1.71 bits per heavy atom. The van der Waals surface area contributed by atoms with Crippen LogP contribution in [0.4, 0.5) is 11.4 Å². The van der Waals surface area contributed by atoms with E-state index in [0.717, 1.165) is 41.4 Å². The van der Waals surface area contributed by atoms with Gasteiger partial charge in [-0.2, -0.15) is 5.10 Å². The van der Waals surface area contributed by atoms with Gasteiger partial charge in [-0.15, -0.1) is 0 Å². The number of piperazine rings is 1. The van der Waals surface area contributed by atoms with E-state index in [1.165, 1.54) is 18.5 Å². The molecule has 2 N–H and O–H groups in total. The molecule has 8 heteroatoms. The number of benzene rings is 2. The van der Waals surface area contributed by atoms with Gasteiger partial charge in [0.15, 0.2) is 0 Å².